The summed E-state index contributed by atoms with van der Waals surface area (Å²) in [6, 6.07) is 0.683. The van der Waals surface area contributed by atoms with Gasteiger partial charge in [-0.15, -0.1) is 0 Å². The average Bonchev–Trinajstić information content (AvgIpc) is 2.34. The van der Waals surface area contributed by atoms with E-state index in [9.17, 15) is 5.11 Å². The summed E-state index contributed by atoms with van der Waals surface area (Å²) in [7, 11) is 0. The molecule has 13 heavy (non-hydrogen) atoms. The van der Waals surface area contributed by atoms with E-state index < -0.39 is 0 Å². The van der Waals surface area contributed by atoms with Crippen LogP contribution < -0.4 is 0 Å². The van der Waals surface area contributed by atoms with Gasteiger partial charge in [-0.3, -0.25) is 0 Å². The first kappa shape index (κ1) is 9.47. The van der Waals surface area contributed by atoms with Gasteiger partial charge >= 0.3 is 0 Å². The van der Waals surface area contributed by atoms with Crippen molar-refractivity contribution in [3.05, 3.63) is 0 Å². The number of rotatable bonds is 2. The van der Waals surface area contributed by atoms with Crippen LogP contribution in [0.4, 0.5) is 0 Å². The molecule has 1 aliphatic carbocycles. The summed E-state index contributed by atoms with van der Waals surface area (Å²) in [5.74, 6) is 2.19. The van der Waals surface area contributed by atoms with Crippen molar-refractivity contribution in [2.75, 3.05) is 19.7 Å². The number of aliphatic hydroxyl groups is 1. The lowest BCUT2D eigenvalue weighted by Crippen LogP contribution is -2.46. The average molecular weight is 183 g/mol. The molecular formula is C11H21NO. The zero-order valence-corrected chi connectivity index (χ0v) is 8.74. The molecule has 1 saturated carbocycles. The Labute approximate surface area is 80.9 Å². The third-order valence-electron chi connectivity index (χ3n) is 4.00. The van der Waals surface area contributed by atoms with Gasteiger partial charge in [-0.2, -0.15) is 0 Å². The summed E-state index contributed by atoms with van der Waals surface area (Å²) in [5.41, 5.74) is 0. The SMILES string of the molecule is CC(C)N1CC2CCC(C1)C2CO. The van der Waals surface area contributed by atoms with E-state index in [2.05, 4.69) is 18.7 Å². The summed E-state index contributed by atoms with van der Waals surface area (Å²) >= 11 is 0. The summed E-state index contributed by atoms with van der Waals surface area (Å²) in [6.07, 6.45) is 2.69. The van der Waals surface area contributed by atoms with E-state index in [1.54, 1.807) is 0 Å². The molecule has 0 amide bonds. The predicted octanol–water partition coefficient (Wildman–Crippen LogP) is 1.35. The summed E-state index contributed by atoms with van der Waals surface area (Å²) < 4.78 is 0. The topological polar surface area (TPSA) is 23.5 Å². The van der Waals surface area contributed by atoms with E-state index in [0.29, 0.717) is 18.6 Å². The fourth-order valence-corrected chi connectivity index (χ4v) is 3.09. The number of hydrogen-bond donors (Lipinski definition) is 1. The Morgan fingerprint density at radius 1 is 1.23 bits per heavy atom. The molecule has 2 atom stereocenters. The molecular weight excluding hydrogens is 162 g/mol. The number of piperidine rings is 1. The van der Waals surface area contributed by atoms with Crippen LogP contribution in [-0.4, -0.2) is 35.7 Å². The fraction of sp³-hybridized carbons (Fsp3) is 1.00. The molecule has 2 bridgehead atoms. The molecule has 2 nitrogen and oxygen atoms in total. The minimum atomic E-state index is 0.418. The van der Waals surface area contributed by atoms with Crippen molar-refractivity contribution in [2.24, 2.45) is 17.8 Å². The molecule has 0 aromatic heterocycles. The molecule has 0 aromatic carbocycles. The minimum Gasteiger partial charge on any atom is -0.396 e. The molecule has 76 valence electrons. The molecule has 0 spiro atoms. The zero-order chi connectivity index (χ0) is 9.42. The van der Waals surface area contributed by atoms with Gasteiger partial charge in [0.25, 0.3) is 0 Å². The molecule has 2 rings (SSSR count). The number of nitrogens with zero attached hydrogens (tertiary/aromatic N) is 1. The summed E-state index contributed by atoms with van der Waals surface area (Å²) in [6.45, 7) is 7.41. The molecule has 0 aromatic rings. The van der Waals surface area contributed by atoms with Crippen LogP contribution in [0.5, 0.6) is 0 Å². The van der Waals surface area contributed by atoms with Crippen LogP contribution in [0.25, 0.3) is 0 Å². The van der Waals surface area contributed by atoms with Gasteiger partial charge in [-0.05, 0) is 44.4 Å². The largest absolute Gasteiger partial charge is 0.396 e. The Bertz CT molecular complexity index is 167. The number of fused-ring (bicyclic) bond motifs is 2. The molecule has 2 unspecified atom stereocenters. The van der Waals surface area contributed by atoms with Crippen LogP contribution in [0.1, 0.15) is 26.7 Å². The number of hydrogen-bond acceptors (Lipinski definition) is 2. The van der Waals surface area contributed by atoms with Crippen LogP contribution >= 0.6 is 0 Å². The first-order chi connectivity index (χ1) is 6.22. The normalized spacial score (nSPS) is 40.2. The van der Waals surface area contributed by atoms with E-state index >= 15 is 0 Å². The molecule has 2 heteroatoms. The van der Waals surface area contributed by atoms with E-state index in [0.717, 1.165) is 11.8 Å². The Morgan fingerprint density at radius 3 is 2.15 bits per heavy atom. The van der Waals surface area contributed by atoms with E-state index in [-0.39, 0.29) is 0 Å². The maximum Gasteiger partial charge on any atom is 0.0465 e. The Morgan fingerprint density at radius 2 is 1.77 bits per heavy atom. The molecule has 2 fully saturated rings. The van der Waals surface area contributed by atoms with Crippen LogP contribution in [0.3, 0.4) is 0 Å². The van der Waals surface area contributed by atoms with Crippen molar-refractivity contribution >= 4 is 0 Å². The van der Waals surface area contributed by atoms with Gasteiger partial charge in [0.2, 0.25) is 0 Å². The second-order valence-corrected chi connectivity index (χ2v) is 4.99. The number of aliphatic hydroxyl groups excluding tert-OH is 1. The van der Waals surface area contributed by atoms with Gasteiger partial charge in [0, 0.05) is 25.7 Å². The lowest BCUT2D eigenvalue weighted by atomic mass is 9.85. The molecule has 1 saturated heterocycles. The second kappa shape index (κ2) is 3.58. The van der Waals surface area contributed by atoms with Gasteiger partial charge in [0.1, 0.15) is 0 Å². The molecule has 1 aliphatic heterocycles. The predicted molar refractivity (Wildman–Crippen MR) is 53.5 cm³/mol. The van der Waals surface area contributed by atoms with Crippen molar-refractivity contribution in [2.45, 2.75) is 32.7 Å². The van der Waals surface area contributed by atoms with E-state index in [1.165, 1.54) is 25.9 Å². The Balaban J connectivity index is 2.02. The van der Waals surface area contributed by atoms with Crippen molar-refractivity contribution in [1.82, 2.24) is 4.90 Å². The molecule has 2 aliphatic rings. The maximum atomic E-state index is 9.28. The van der Waals surface area contributed by atoms with E-state index in [4.69, 9.17) is 0 Å². The number of likely N-dealkylation sites (tertiary alicyclic amines) is 1. The highest BCUT2D eigenvalue weighted by atomic mass is 16.3. The first-order valence-electron chi connectivity index (χ1n) is 5.57. The minimum absolute atomic E-state index is 0.418. The van der Waals surface area contributed by atoms with Crippen molar-refractivity contribution in [3.63, 3.8) is 0 Å². The third-order valence-corrected chi connectivity index (χ3v) is 4.00. The molecule has 1 heterocycles. The standard InChI is InChI=1S/C11H21NO/c1-8(2)12-5-9-3-4-10(6-12)11(9)7-13/h8-11,13H,3-7H2,1-2H3. The quantitative estimate of drug-likeness (QED) is 0.698. The maximum absolute atomic E-state index is 9.28. The lowest BCUT2D eigenvalue weighted by Gasteiger charge is -2.39. The van der Waals surface area contributed by atoms with Crippen LogP contribution in [-0.2, 0) is 0 Å². The van der Waals surface area contributed by atoms with Gasteiger partial charge in [-0.1, -0.05) is 0 Å². The van der Waals surface area contributed by atoms with Crippen molar-refractivity contribution in [3.8, 4) is 0 Å². The second-order valence-electron chi connectivity index (χ2n) is 4.99. The van der Waals surface area contributed by atoms with Crippen LogP contribution in [0, 0.1) is 17.8 Å². The summed E-state index contributed by atoms with van der Waals surface area (Å²) in [4.78, 5) is 2.58. The fourth-order valence-electron chi connectivity index (χ4n) is 3.09. The Hall–Kier alpha value is -0.0800. The van der Waals surface area contributed by atoms with Gasteiger partial charge < -0.3 is 10.0 Å². The molecule has 0 radical (unpaired) electrons. The highest BCUT2D eigenvalue weighted by molar-refractivity contribution is 4.93. The third kappa shape index (κ3) is 1.62. The lowest BCUT2D eigenvalue weighted by molar-refractivity contribution is 0.0502. The van der Waals surface area contributed by atoms with Crippen molar-refractivity contribution < 1.29 is 5.11 Å². The smallest absolute Gasteiger partial charge is 0.0465 e. The van der Waals surface area contributed by atoms with Gasteiger partial charge in [0.05, 0.1) is 0 Å². The van der Waals surface area contributed by atoms with Crippen LogP contribution in [0.15, 0.2) is 0 Å². The monoisotopic (exact) mass is 183 g/mol. The highest BCUT2D eigenvalue weighted by Crippen LogP contribution is 2.41. The van der Waals surface area contributed by atoms with Gasteiger partial charge in [-0.25, -0.2) is 0 Å². The van der Waals surface area contributed by atoms with E-state index in [1.807, 2.05) is 0 Å². The zero-order valence-electron chi connectivity index (χ0n) is 8.74. The first-order valence-corrected chi connectivity index (χ1v) is 5.57. The van der Waals surface area contributed by atoms with Crippen molar-refractivity contribution in [1.29, 1.82) is 0 Å². The molecule has 1 N–H and O–H groups in total. The summed E-state index contributed by atoms with van der Waals surface area (Å²) in [5, 5.41) is 9.28. The Kier molecular flexibility index (Phi) is 2.61. The highest BCUT2D eigenvalue weighted by Gasteiger charge is 2.41. The van der Waals surface area contributed by atoms with Gasteiger partial charge in [0.15, 0.2) is 0 Å². The van der Waals surface area contributed by atoms with Crippen LogP contribution in [0.2, 0.25) is 0 Å².